The Balaban J connectivity index is 2.32. The fraction of sp³-hybridized carbons (Fsp3) is 0.286. The fourth-order valence-electron chi connectivity index (χ4n) is 1.94. The number of nitrogens with zero attached hydrogens (tertiary/aromatic N) is 2. The van der Waals surface area contributed by atoms with Crippen LogP contribution in [0, 0.1) is 0 Å². The van der Waals surface area contributed by atoms with Crippen LogP contribution in [-0.4, -0.2) is 16.0 Å². The van der Waals surface area contributed by atoms with Gasteiger partial charge in [-0.25, -0.2) is 4.98 Å². The molecule has 3 N–H and O–H groups in total. The van der Waals surface area contributed by atoms with E-state index in [4.69, 9.17) is 5.73 Å². The minimum atomic E-state index is -0.180. The van der Waals surface area contributed by atoms with Crippen LogP contribution in [0.2, 0.25) is 0 Å². The summed E-state index contributed by atoms with van der Waals surface area (Å²) in [5.74, 6) is 0.430. The van der Waals surface area contributed by atoms with Gasteiger partial charge in [-0.05, 0) is 31.5 Å². The Morgan fingerprint density at radius 3 is 2.84 bits per heavy atom. The number of H-pyrrole nitrogens is 1. The van der Waals surface area contributed by atoms with Crippen molar-refractivity contribution in [2.45, 2.75) is 26.4 Å². The highest BCUT2D eigenvalue weighted by molar-refractivity contribution is 5.44. The third kappa shape index (κ3) is 3.13. The molecule has 0 amide bonds. The van der Waals surface area contributed by atoms with Crippen molar-refractivity contribution in [1.29, 1.82) is 0 Å². The first kappa shape index (κ1) is 13.1. The minimum Gasteiger partial charge on any atom is -0.399 e. The van der Waals surface area contributed by atoms with Gasteiger partial charge in [-0.3, -0.25) is 4.79 Å². The second-order valence-corrected chi connectivity index (χ2v) is 4.71. The third-order valence-corrected chi connectivity index (χ3v) is 2.89. The maximum Gasteiger partial charge on any atom is 0.290 e. The van der Waals surface area contributed by atoms with E-state index in [9.17, 15) is 4.79 Å². The van der Waals surface area contributed by atoms with Gasteiger partial charge in [0.15, 0.2) is 5.82 Å². The predicted molar refractivity (Wildman–Crippen MR) is 77.0 cm³/mol. The molecule has 0 atom stereocenters. The zero-order chi connectivity index (χ0) is 13.8. The Kier molecular flexibility index (Phi) is 3.85. The highest BCUT2D eigenvalue weighted by Crippen LogP contribution is 2.15. The molecule has 2 aromatic rings. The Morgan fingerprint density at radius 1 is 1.42 bits per heavy atom. The molecule has 0 fully saturated rings. The second-order valence-electron chi connectivity index (χ2n) is 4.71. The lowest BCUT2D eigenvalue weighted by Gasteiger charge is -2.27. The van der Waals surface area contributed by atoms with Gasteiger partial charge in [0.1, 0.15) is 0 Å². The SMILES string of the molecule is CC(C)N(Cc1cccc(N)c1)c1ncc[nH]c1=O. The molecule has 0 saturated heterocycles. The summed E-state index contributed by atoms with van der Waals surface area (Å²) in [7, 11) is 0. The Bertz CT molecular complexity index is 606. The highest BCUT2D eigenvalue weighted by Gasteiger charge is 2.15. The zero-order valence-electron chi connectivity index (χ0n) is 11.1. The van der Waals surface area contributed by atoms with Gasteiger partial charge in [0, 0.05) is 30.7 Å². The van der Waals surface area contributed by atoms with Gasteiger partial charge in [-0.2, -0.15) is 0 Å². The van der Waals surface area contributed by atoms with Crippen LogP contribution in [0.1, 0.15) is 19.4 Å². The summed E-state index contributed by atoms with van der Waals surface area (Å²) < 4.78 is 0. The van der Waals surface area contributed by atoms with Crippen LogP contribution in [0.4, 0.5) is 11.5 Å². The van der Waals surface area contributed by atoms with Crippen LogP contribution < -0.4 is 16.2 Å². The van der Waals surface area contributed by atoms with Gasteiger partial charge in [-0.15, -0.1) is 0 Å². The lowest BCUT2D eigenvalue weighted by molar-refractivity contribution is 0.667. The number of aromatic amines is 1. The van der Waals surface area contributed by atoms with Gasteiger partial charge < -0.3 is 15.6 Å². The van der Waals surface area contributed by atoms with Crippen molar-refractivity contribution in [2.24, 2.45) is 0 Å². The fourth-order valence-corrected chi connectivity index (χ4v) is 1.94. The standard InChI is InChI=1S/C14H18N4O/c1-10(2)18(13-14(19)17-7-6-16-13)9-11-4-3-5-12(15)8-11/h3-8,10H,9,15H2,1-2H3,(H,17,19). The molecule has 5 nitrogen and oxygen atoms in total. The normalized spacial score (nSPS) is 10.7. The number of hydrogen-bond acceptors (Lipinski definition) is 4. The molecular formula is C14H18N4O. The molecule has 1 aromatic carbocycles. The number of aromatic nitrogens is 2. The van der Waals surface area contributed by atoms with Crippen molar-refractivity contribution in [1.82, 2.24) is 9.97 Å². The minimum absolute atomic E-state index is 0.164. The van der Waals surface area contributed by atoms with E-state index in [0.717, 1.165) is 11.3 Å². The summed E-state index contributed by atoms with van der Waals surface area (Å²) in [6.45, 7) is 4.66. The lowest BCUT2D eigenvalue weighted by atomic mass is 10.1. The number of nitrogen functional groups attached to an aromatic ring is 1. The second kappa shape index (κ2) is 5.56. The van der Waals surface area contributed by atoms with Crippen LogP contribution in [0.25, 0.3) is 0 Å². The van der Waals surface area contributed by atoms with Gasteiger partial charge in [0.2, 0.25) is 0 Å². The largest absolute Gasteiger partial charge is 0.399 e. The first-order valence-electron chi connectivity index (χ1n) is 6.22. The molecule has 0 spiro atoms. The van der Waals surface area contributed by atoms with Gasteiger partial charge in [-0.1, -0.05) is 12.1 Å². The molecule has 2 rings (SSSR count). The summed E-state index contributed by atoms with van der Waals surface area (Å²) in [5.41, 5.74) is 7.37. The van der Waals surface area contributed by atoms with Crippen LogP contribution in [0.5, 0.6) is 0 Å². The lowest BCUT2D eigenvalue weighted by Crippen LogP contribution is -2.35. The molecule has 0 aliphatic heterocycles. The monoisotopic (exact) mass is 258 g/mol. The summed E-state index contributed by atoms with van der Waals surface area (Å²) in [4.78, 5) is 20.6. The maximum atomic E-state index is 11.8. The molecule has 0 saturated carbocycles. The Hall–Kier alpha value is -2.30. The summed E-state index contributed by atoms with van der Waals surface area (Å²) >= 11 is 0. The maximum absolute atomic E-state index is 11.8. The van der Waals surface area contributed by atoms with Crippen molar-refractivity contribution < 1.29 is 0 Å². The van der Waals surface area contributed by atoms with Crippen LogP contribution in [0.15, 0.2) is 41.5 Å². The predicted octanol–water partition coefficient (Wildman–Crippen LogP) is 1.77. The average Bonchev–Trinajstić information content (AvgIpc) is 2.37. The number of nitrogens with one attached hydrogen (secondary N) is 1. The number of nitrogens with two attached hydrogens (primary N) is 1. The molecule has 100 valence electrons. The molecular weight excluding hydrogens is 240 g/mol. The van der Waals surface area contributed by atoms with E-state index in [1.165, 1.54) is 6.20 Å². The summed E-state index contributed by atoms with van der Waals surface area (Å²) in [5, 5.41) is 0. The van der Waals surface area contributed by atoms with Crippen molar-refractivity contribution in [2.75, 3.05) is 10.6 Å². The van der Waals surface area contributed by atoms with Gasteiger partial charge in [0.25, 0.3) is 5.56 Å². The first-order valence-corrected chi connectivity index (χ1v) is 6.22. The topological polar surface area (TPSA) is 75.0 Å². The molecule has 0 unspecified atom stereocenters. The Labute approximate surface area is 112 Å². The van der Waals surface area contributed by atoms with Crippen molar-refractivity contribution in [3.8, 4) is 0 Å². The van der Waals surface area contributed by atoms with Crippen molar-refractivity contribution >= 4 is 11.5 Å². The quantitative estimate of drug-likeness (QED) is 0.819. The number of benzene rings is 1. The van der Waals surface area contributed by atoms with E-state index >= 15 is 0 Å². The molecule has 1 aromatic heterocycles. The van der Waals surface area contributed by atoms with E-state index < -0.39 is 0 Å². The van der Waals surface area contributed by atoms with Crippen LogP contribution in [-0.2, 0) is 6.54 Å². The van der Waals surface area contributed by atoms with Crippen LogP contribution in [0.3, 0.4) is 0 Å². The van der Waals surface area contributed by atoms with E-state index in [1.807, 2.05) is 43.0 Å². The smallest absolute Gasteiger partial charge is 0.290 e. The third-order valence-electron chi connectivity index (χ3n) is 2.89. The van der Waals surface area contributed by atoms with Crippen molar-refractivity contribution in [3.63, 3.8) is 0 Å². The van der Waals surface area contributed by atoms with E-state index in [1.54, 1.807) is 6.20 Å². The molecule has 19 heavy (non-hydrogen) atoms. The van der Waals surface area contributed by atoms with E-state index in [2.05, 4.69) is 9.97 Å². The molecule has 0 radical (unpaired) electrons. The zero-order valence-corrected chi connectivity index (χ0v) is 11.1. The summed E-state index contributed by atoms with van der Waals surface area (Å²) in [6, 6.07) is 7.82. The number of rotatable bonds is 4. The van der Waals surface area contributed by atoms with E-state index in [0.29, 0.717) is 12.4 Å². The number of anilines is 2. The molecule has 0 aliphatic rings. The molecule has 0 bridgehead atoms. The highest BCUT2D eigenvalue weighted by atomic mass is 16.1. The molecule has 5 heteroatoms. The Morgan fingerprint density at radius 2 is 2.21 bits per heavy atom. The number of hydrogen-bond donors (Lipinski definition) is 2. The van der Waals surface area contributed by atoms with Gasteiger partial charge in [0.05, 0.1) is 0 Å². The van der Waals surface area contributed by atoms with Crippen LogP contribution >= 0.6 is 0 Å². The van der Waals surface area contributed by atoms with Crippen molar-refractivity contribution in [3.05, 3.63) is 52.6 Å². The first-order chi connectivity index (χ1) is 9.08. The average molecular weight is 258 g/mol. The summed E-state index contributed by atoms with van der Waals surface area (Å²) in [6.07, 6.45) is 3.12. The van der Waals surface area contributed by atoms with E-state index in [-0.39, 0.29) is 11.6 Å². The molecule has 1 heterocycles. The molecule has 0 aliphatic carbocycles. The van der Waals surface area contributed by atoms with Gasteiger partial charge >= 0.3 is 0 Å².